The van der Waals surface area contributed by atoms with Gasteiger partial charge >= 0.3 is 0 Å². The third-order valence-corrected chi connectivity index (χ3v) is 1.83. The number of hydrogen-bond acceptors (Lipinski definition) is 3. The van der Waals surface area contributed by atoms with Crippen LogP contribution >= 0.6 is 12.4 Å². The van der Waals surface area contributed by atoms with Gasteiger partial charge in [-0.05, 0) is 12.1 Å². The van der Waals surface area contributed by atoms with Gasteiger partial charge in [-0.3, -0.25) is 4.79 Å². The Kier molecular flexibility index (Phi) is 8.52. The number of carbonyl (C=O) groups excluding carboxylic acids is 1. The maximum atomic E-state index is 11.4. The van der Waals surface area contributed by atoms with Crippen molar-refractivity contribution < 1.29 is 9.53 Å². The van der Waals surface area contributed by atoms with E-state index in [0.29, 0.717) is 19.7 Å². The molecule has 16 heavy (non-hydrogen) atoms. The second-order valence-corrected chi connectivity index (χ2v) is 3.08. The first-order valence-corrected chi connectivity index (χ1v) is 4.87. The lowest BCUT2D eigenvalue weighted by molar-refractivity contribution is -0.115. The van der Waals surface area contributed by atoms with Crippen molar-refractivity contribution in [2.45, 2.75) is 0 Å². The summed E-state index contributed by atoms with van der Waals surface area (Å²) in [7, 11) is 1.63. The minimum atomic E-state index is -0.0442. The molecule has 1 rings (SSSR count). The van der Waals surface area contributed by atoms with E-state index in [-0.39, 0.29) is 18.3 Å². The molecule has 2 N–H and O–H groups in total. The van der Waals surface area contributed by atoms with Crippen LogP contribution in [0.3, 0.4) is 0 Å². The van der Waals surface area contributed by atoms with Gasteiger partial charge in [-0.15, -0.1) is 12.4 Å². The van der Waals surface area contributed by atoms with Gasteiger partial charge in [-0.25, -0.2) is 0 Å². The largest absolute Gasteiger partial charge is 0.383 e. The number of anilines is 1. The molecule has 0 radical (unpaired) electrons. The van der Waals surface area contributed by atoms with E-state index in [1.807, 2.05) is 30.3 Å². The van der Waals surface area contributed by atoms with Crippen molar-refractivity contribution in [2.75, 3.05) is 32.1 Å². The summed E-state index contributed by atoms with van der Waals surface area (Å²) in [4.78, 5) is 11.4. The Labute approximate surface area is 102 Å². The van der Waals surface area contributed by atoms with Crippen LogP contribution in [0.15, 0.2) is 30.3 Å². The van der Waals surface area contributed by atoms with E-state index < -0.39 is 0 Å². The fourth-order valence-electron chi connectivity index (χ4n) is 1.10. The van der Waals surface area contributed by atoms with Crippen molar-refractivity contribution in [2.24, 2.45) is 0 Å². The van der Waals surface area contributed by atoms with Crippen LogP contribution < -0.4 is 10.6 Å². The average Bonchev–Trinajstić information content (AvgIpc) is 2.26. The van der Waals surface area contributed by atoms with E-state index in [9.17, 15) is 4.79 Å². The maximum Gasteiger partial charge on any atom is 0.238 e. The van der Waals surface area contributed by atoms with Crippen LogP contribution in [0, 0.1) is 0 Å². The van der Waals surface area contributed by atoms with E-state index in [1.165, 1.54) is 0 Å². The standard InChI is InChI=1S/C11H16N2O2.ClH/c1-15-8-7-12-9-11(14)13-10-5-3-2-4-6-10;/h2-6,12H,7-9H2,1H3,(H,13,14);1H. The fraction of sp³-hybridized carbons (Fsp3) is 0.364. The van der Waals surface area contributed by atoms with E-state index in [4.69, 9.17) is 4.74 Å². The van der Waals surface area contributed by atoms with Gasteiger partial charge in [-0.2, -0.15) is 0 Å². The molecule has 0 aliphatic heterocycles. The number of ether oxygens (including phenoxy) is 1. The van der Waals surface area contributed by atoms with Gasteiger partial charge < -0.3 is 15.4 Å². The van der Waals surface area contributed by atoms with Crippen LogP contribution in [-0.2, 0) is 9.53 Å². The van der Waals surface area contributed by atoms with Crippen LogP contribution in [0.1, 0.15) is 0 Å². The highest BCUT2D eigenvalue weighted by Gasteiger charge is 1.99. The SMILES string of the molecule is COCCNCC(=O)Nc1ccccc1.Cl. The molecule has 1 aromatic carbocycles. The number of halogens is 1. The van der Waals surface area contributed by atoms with Gasteiger partial charge in [0.15, 0.2) is 0 Å². The number of hydrogen-bond donors (Lipinski definition) is 2. The van der Waals surface area contributed by atoms with Gasteiger partial charge in [0.1, 0.15) is 0 Å². The first-order chi connectivity index (χ1) is 7.33. The zero-order valence-electron chi connectivity index (χ0n) is 9.23. The van der Waals surface area contributed by atoms with Crippen LogP contribution in [0.25, 0.3) is 0 Å². The molecule has 0 heterocycles. The molecule has 0 saturated carbocycles. The van der Waals surface area contributed by atoms with Crippen molar-refractivity contribution in [1.29, 1.82) is 0 Å². The second kappa shape index (κ2) is 9.15. The lowest BCUT2D eigenvalue weighted by Crippen LogP contribution is -2.30. The lowest BCUT2D eigenvalue weighted by Gasteiger charge is -2.05. The van der Waals surface area contributed by atoms with Crippen molar-refractivity contribution >= 4 is 24.0 Å². The molecule has 90 valence electrons. The topological polar surface area (TPSA) is 50.4 Å². The summed E-state index contributed by atoms with van der Waals surface area (Å²) >= 11 is 0. The molecule has 0 spiro atoms. The molecule has 0 aliphatic carbocycles. The van der Waals surface area contributed by atoms with Crippen molar-refractivity contribution in [3.05, 3.63) is 30.3 Å². The molecule has 0 unspecified atom stereocenters. The minimum Gasteiger partial charge on any atom is -0.383 e. The van der Waals surface area contributed by atoms with Crippen molar-refractivity contribution in [3.8, 4) is 0 Å². The number of benzene rings is 1. The van der Waals surface area contributed by atoms with Crippen molar-refractivity contribution in [1.82, 2.24) is 5.32 Å². The van der Waals surface area contributed by atoms with E-state index in [0.717, 1.165) is 5.69 Å². The molecule has 1 amide bonds. The molecule has 4 nitrogen and oxygen atoms in total. The molecule has 0 aromatic heterocycles. The smallest absolute Gasteiger partial charge is 0.238 e. The fourth-order valence-corrected chi connectivity index (χ4v) is 1.10. The number of amides is 1. The van der Waals surface area contributed by atoms with Gasteiger partial charge in [0, 0.05) is 19.3 Å². The zero-order valence-corrected chi connectivity index (χ0v) is 10.0. The quantitative estimate of drug-likeness (QED) is 0.742. The number of methoxy groups -OCH3 is 1. The van der Waals surface area contributed by atoms with E-state index >= 15 is 0 Å². The maximum absolute atomic E-state index is 11.4. The molecular weight excluding hydrogens is 228 g/mol. The van der Waals surface area contributed by atoms with Gasteiger partial charge in [0.05, 0.1) is 13.2 Å². The van der Waals surface area contributed by atoms with Crippen LogP contribution in [-0.4, -0.2) is 32.7 Å². The summed E-state index contributed by atoms with van der Waals surface area (Å²) in [5.74, 6) is -0.0442. The first-order valence-electron chi connectivity index (χ1n) is 4.87. The molecule has 1 aromatic rings. The van der Waals surface area contributed by atoms with E-state index in [2.05, 4.69) is 10.6 Å². The summed E-state index contributed by atoms with van der Waals surface area (Å²) in [6, 6.07) is 9.38. The highest BCUT2D eigenvalue weighted by Crippen LogP contribution is 2.03. The monoisotopic (exact) mass is 244 g/mol. The Morgan fingerprint density at radius 2 is 2.00 bits per heavy atom. The number of nitrogens with one attached hydrogen (secondary N) is 2. The zero-order chi connectivity index (χ0) is 10.9. The molecular formula is C11H17ClN2O2. The summed E-state index contributed by atoms with van der Waals surface area (Å²) < 4.78 is 4.85. The molecule has 0 atom stereocenters. The van der Waals surface area contributed by atoms with Gasteiger partial charge in [0.2, 0.25) is 5.91 Å². The molecule has 0 bridgehead atoms. The second-order valence-electron chi connectivity index (χ2n) is 3.08. The Morgan fingerprint density at radius 1 is 1.31 bits per heavy atom. The first kappa shape index (κ1) is 14.9. The molecule has 0 saturated heterocycles. The predicted octanol–water partition coefficient (Wildman–Crippen LogP) is 1.28. The summed E-state index contributed by atoms with van der Waals surface area (Å²) in [5, 5.41) is 5.75. The summed E-state index contributed by atoms with van der Waals surface area (Å²) in [5.41, 5.74) is 0.816. The van der Waals surface area contributed by atoms with E-state index in [1.54, 1.807) is 7.11 Å². The Hall–Kier alpha value is -1.10. The normalized spacial score (nSPS) is 9.31. The third kappa shape index (κ3) is 6.40. The third-order valence-electron chi connectivity index (χ3n) is 1.83. The Balaban J connectivity index is 0.00000225. The number of carbonyl (C=O) groups is 1. The summed E-state index contributed by atoms with van der Waals surface area (Å²) in [6.07, 6.45) is 0. The molecule has 5 heteroatoms. The Morgan fingerprint density at radius 3 is 2.62 bits per heavy atom. The average molecular weight is 245 g/mol. The van der Waals surface area contributed by atoms with Crippen LogP contribution in [0.5, 0.6) is 0 Å². The van der Waals surface area contributed by atoms with Gasteiger partial charge in [-0.1, -0.05) is 18.2 Å². The van der Waals surface area contributed by atoms with Crippen LogP contribution in [0.4, 0.5) is 5.69 Å². The van der Waals surface area contributed by atoms with Gasteiger partial charge in [0.25, 0.3) is 0 Å². The lowest BCUT2D eigenvalue weighted by atomic mass is 10.3. The summed E-state index contributed by atoms with van der Waals surface area (Å²) in [6.45, 7) is 1.59. The van der Waals surface area contributed by atoms with Crippen molar-refractivity contribution in [3.63, 3.8) is 0 Å². The highest BCUT2D eigenvalue weighted by atomic mass is 35.5. The number of para-hydroxylation sites is 1. The Bertz CT molecular complexity index is 293. The number of rotatable bonds is 6. The highest BCUT2D eigenvalue weighted by molar-refractivity contribution is 5.92. The van der Waals surface area contributed by atoms with Crippen LogP contribution in [0.2, 0.25) is 0 Å². The predicted molar refractivity (Wildman–Crippen MR) is 67.1 cm³/mol. The molecule has 0 aliphatic rings. The minimum absolute atomic E-state index is 0. The molecule has 0 fully saturated rings.